The van der Waals surface area contributed by atoms with Gasteiger partial charge in [0, 0.05) is 6.42 Å². The quantitative estimate of drug-likeness (QED) is 0.609. The number of hydrogen-bond acceptors (Lipinski definition) is 3. The Hall–Kier alpha value is -1.78. The van der Waals surface area contributed by atoms with Gasteiger partial charge in [-0.25, -0.2) is 4.79 Å². The van der Waals surface area contributed by atoms with Gasteiger partial charge in [0.2, 0.25) is 5.75 Å². The summed E-state index contributed by atoms with van der Waals surface area (Å²) in [5.74, 6) is 0.0195. The maximum atomic E-state index is 11.7. The van der Waals surface area contributed by atoms with Crippen molar-refractivity contribution < 1.29 is 14.1 Å². The lowest BCUT2D eigenvalue weighted by Crippen LogP contribution is -2.20. The Kier molecular flexibility index (Phi) is 5.84. The van der Waals surface area contributed by atoms with Gasteiger partial charge in [-0.05, 0) is 27.9 Å². The Bertz CT molecular complexity index is 566. The van der Waals surface area contributed by atoms with E-state index in [0.29, 0.717) is 12.2 Å². The first kappa shape index (κ1) is 15.6. The van der Waals surface area contributed by atoms with Crippen LogP contribution in [0.15, 0.2) is 54.6 Å². The third-order valence-electron chi connectivity index (χ3n) is 3.19. The molecule has 0 aromatic heterocycles. The molecule has 0 saturated carbocycles. The summed E-state index contributed by atoms with van der Waals surface area (Å²) in [6, 6.07) is 18.4. The van der Waals surface area contributed by atoms with Crippen LogP contribution in [0.4, 0.5) is 0 Å². The predicted molar refractivity (Wildman–Crippen MR) is 85.5 cm³/mol. The molecule has 3 nitrogen and oxygen atoms in total. The molecule has 0 spiro atoms. The van der Waals surface area contributed by atoms with E-state index in [2.05, 4.69) is 29.0 Å². The molecule has 1 atom stereocenters. The Balaban J connectivity index is 1.90. The molecule has 0 amide bonds. The molecule has 2 aromatic carbocycles. The average molecular weight is 302 g/mol. The fourth-order valence-corrected chi connectivity index (χ4v) is 2.98. The highest BCUT2D eigenvalue weighted by Gasteiger charge is 2.13. The lowest BCUT2D eigenvalue weighted by atomic mass is 10.0. The van der Waals surface area contributed by atoms with Crippen LogP contribution in [0.1, 0.15) is 5.56 Å². The molecule has 0 saturated heterocycles. The van der Waals surface area contributed by atoms with Crippen molar-refractivity contribution in [3.05, 3.63) is 60.2 Å². The van der Waals surface area contributed by atoms with Gasteiger partial charge in [0.15, 0.2) is 0 Å². The first-order valence-corrected chi connectivity index (χ1v) is 8.24. The third-order valence-corrected chi connectivity index (χ3v) is 4.40. The SMILES string of the molecule is COC(=O)C[S+]([O-])CCc1ccc(-c2ccccc2)cc1. The summed E-state index contributed by atoms with van der Waals surface area (Å²) in [5, 5.41) is 0. The van der Waals surface area contributed by atoms with Gasteiger partial charge < -0.3 is 9.29 Å². The minimum absolute atomic E-state index is 0.0292. The smallest absolute Gasteiger partial charge is 0.356 e. The minimum atomic E-state index is -1.17. The van der Waals surface area contributed by atoms with Crippen molar-refractivity contribution in [1.82, 2.24) is 0 Å². The van der Waals surface area contributed by atoms with Crippen LogP contribution >= 0.6 is 0 Å². The predicted octanol–water partition coefficient (Wildman–Crippen LogP) is 2.82. The molecule has 0 aliphatic rings. The fraction of sp³-hybridized carbons (Fsp3) is 0.235. The van der Waals surface area contributed by atoms with E-state index in [1.165, 1.54) is 12.7 Å². The number of carbonyl (C=O) groups excluding carboxylic acids is 1. The molecule has 0 bridgehead atoms. The number of methoxy groups -OCH3 is 1. The van der Waals surface area contributed by atoms with Crippen molar-refractivity contribution in [2.24, 2.45) is 0 Å². The zero-order valence-electron chi connectivity index (χ0n) is 12.0. The van der Waals surface area contributed by atoms with Crippen molar-refractivity contribution in [2.45, 2.75) is 6.42 Å². The Labute approximate surface area is 128 Å². The number of aryl methyl sites for hydroxylation is 1. The van der Waals surface area contributed by atoms with Gasteiger partial charge in [0.25, 0.3) is 0 Å². The first-order valence-electron chi connectivity index (χ1n) is 6.75. The molecule has 21 heavy (non-hydrogen) atoms. The van der Waals surface area contributed by atoms with Crippen molar-refractivity contribution in [2.75, 3.05) is 18.6 Å². The molecule has 2 rings (SSSR count). The summed E-state index contributed by atoms with van der Waals surface area (Å²) in [5.41, 5.74) is 3.46. The molecule has 2 aromatic rings. The maximum Gasteiger partial charge on any atom is 0.356 e. The second-order valence-electron chi connectivity index (χ2n) is 4.68. The molecule has 110 valence electrons. The van der Waals surface area contributed by atoms with Gasteiger partial charge in [0.05, 0.1) is 7.11 Å². The van der Waals surface area contributed by atoms with Gasteiger partial charge >= 0.3 is 5.97 Å². The first-order chi connectivity index (χ1) is 10.2. The van der Waals surface area contributed by atoms with E-state index >= 15 is 0 Å². The number of hydrogen-bond donors (Lipinski definition) is 0. The normalized spacial score (nSPS) is 11.9. The number of ether oxygens (including phenoxy) is 1. The number of rotatable bonds is 6. The summed E-state index contributed by atoms with van der Waals surface area (Å²) >= 11 is -1.17. The van der Waals surface area contributed by atoms with E-state index in [1.807, 2.05) is 30.3 Å². The van der Waals surface area contributed by atoms with Crippen LogP contribution in [0.25, 0.3) is 11.1 Å². The largest absolute Gasteiger partial charge is 0.616 e. The zero-order valence-corrected chi connectivity index (χ0v) is 12.8. The number of benzene rings is 2. The molecule has 1 unspecified atom stereocenters. The van der Waals surface area contributed by atoms with Crippen LogP contribution in [0, 0.1) is 0 Å². The van der Waals surface area contributed by atoms with E-state index in [9.17, 15) is 9.35 Å². The van der Waals surface area contributed by atoms with Gasteiger partial charge in [-0.2, -0.15) is 0 Å². The lowest BCUT2D eigenvalue weighted by molar-refractivity contribution is -0.137. The van der Waals surface area contributed by atoms with Gasteiger partial charge in [0.1, 0.15) is 5.75 Å². The van der Waals surface area contributed by atoms with Gasteiger partial charge in [-0.3, -0.25) is 0 Å². The van der Waals surface area contributed by atoms with Crippen LogP contribution in [-0.4, -0.2) is 29.1 Å². The van der Waals surface area contributed by atoms with E-state index in [1.54, 1.807) is 0 Å². The van der Waals surface area contributed by atoms with Crippen molar-refractivity contribution in [3.63, 3.8) is 0 Å². The second kappa shape index (κ2) is 7.86. The number of esters is 1. The average Bonchev–Trinajstić information content (AvgIpc) is 2.54. The Morgan fingerprint density at radius 1 is 1.05 bits per heavy atom. The molecule has 0 N–H and O–H groups in total. The number of carbonyl (C=O) groups is 1. The molecule has 0 aliphatic heterocycles. The molecule has 0 radical (unpaired) electrons. The van der Waals surface area contributed by atoms with Crippen LogP contribution in [0.3, 0.4) is 0 Å². The van der Waals surface area contributed by atoms with Crippen molar-refractivity contribution in [1.29, 1.82) is 0 Å². The third kappa shape index (κ3) is 4.92. The minimum Gasteiger partial charge on any atom is -0.616 e. The topological polar surface area (TPSA) is 49.4 Å². The van der Waals surface area contributed by atoms with Crippen molar-refractivity contribution in [3.8, 4) is 11.1 Å². The van der Waals surface area contributed by atoms with E-state index in [0.717, 1.165) is 11.1 Å². The van der Waals surface area contributed by atoms with Gasteiger partial charge in [-0.15, -0.1) is 0 Å². The van der Waals surface area contributed by atoms with Crippen LogP contribution < -0.4 is 0 Å². The summed E-state index contributed by atoms with van der Waals surface area (Å²) in [6.07, 6.45) is 0.693. The Morgan fingerprint density at radius 3 is 2.29 bits per heavy atom. The second-order valence-corrected chi connectivity index (χ2v) is 6.25. The summed E-state index contributed by atoms with van der Waals surface area (Å²) in [4.78, 5) is 11.0. The highest BCUT2D eigenvalue weighted by molar-refractivity contribution is 7.92. The highest BCUT2D eigenvalue weighted by atomic mass is 32.2. The van der Waals surface area contributed by atoms with E-state index < -0.39 is 17.1 Å². The van der Waals surface area contributed by atoms with Gasteiger partial charge in [-0.1, -0.05) is 54.6 Å². The highest BCUT2D eigenvalue weighted by Crippen LogP contribution is 2.19. The summed E-state index contributed by atoms with van der Waals surface area (Å²) in [7, 11) is 1.31. The van der Waals surface area contributed by atoms with E-state index in [4.69, 9.17) is 0 Å². The molecular formula is C17H18O3S. The monoisotopic (exact) mass is 302 g/mol. The summed E-state index contributed by atoms with van der Waals surface area (Å²) in [6.45, 7) is 0. The molecule has 0 fully saturated rings. The fourth-order valence-electron chi connectivity index (χ4n) is 1.99. The molecular weight excluding hydrogens is 284 g/mol. The summed E-state index contributed by atoms with van der Waals surface area (Å²) < 4.78 is 16.2. The zero-order chi connectivity index (χ0) is 15.1. The standard InChI is InChI=1S/C17H18O3S/c1-20-17(18)13-21(19)12-11-14-7-9-16(10-8-14)15-5-3-2-4-6-15/h2-10H,11-13H2,1H3. The van der Waals surface area contributed by atoms with Crippen LogP contribution in [-0.2, 0) is 27.1 Å². The van der Waals surface area contributed by atoms with E-state index in [-0.39, 0.29) is 5.75 Å². The Morgan fingerprint density at radius 2 is 1.67 bits per heavy atom. The van der Waals surface area contributed by atoms with Crippen molar-refractivity contribution >= 4 is 17.1 Å². The van der Waals surface area contributed by atoms with Crippen LogP contribution in [0.5, 0.6) is 0 Å². The van der Waals surface area contributed by atoms with Crippen LogP contribution in [0.2, 0.25) is 0 Å². The molecule has 0 heterocycles. The molecule has 4 heteroatoms. The maximum absolute atomic E-state index is 11.7. The lowest BCUT2D eigenvalue weighted by Gasteiger charge is -2.10. The molecule has 0 aliphatic carbocycles.